The predicted octanol–water partition coefficient (Wildman–Crippen LogP) is 4.53. The second-order valence-corrected chi connectivity index (χ2v) is 7.01. The van der Waals surface area contributed by atoms with E-state index in [4.69, 9.17) is 32.7 Å². The average molecular weight is 403 g/mol. The van der Waals surface area contributed by atoms with Crippen LogP contribution in [0, 0.1) is 0 Å². The van der Waals surface area contributed by atoms with Crippen molar-refractivity contribution in [2.24, 2.45) is 4.99 Å². The van der Waals surface area contributed by atoms with Crippen LogP contribution in [-0.4, -0.2) is 30.0 Å². The van der Waals surface area contributed by atoms with Gasteiger partial charge in [-0.2, -0.15) is 4.99 Å². The molecule has 0 aliphatic carbocycles. The number of fused-ring (bicyclic) bond motifs is 1. The summed E-state index contributed by atoms with van der Waals surface area (Å²) in [5.74, 6) is 0.550. The highest BCUT2D eigenvalue weighted by atomic mass is 35.5. The van der Waals surface area contributed by atoms with Crippen LogP contribution in [0.25, 0.3) is 6.08 Å². The fraction of sp³-hybridized carbons (Fsp3) is 0.200. The lowest BCUT2D eigenvalue weighted by Gasteiger charge is -2.22. The first-order valence-corrected chi connectivity index (χ1v) is 9.27. The number of amidine groups is 1. The van der Waals surface area contributed by atoms with Crippen molar-refractivity contribution >= 4 is 41.2 Å². The van der Waals surface area contributed by atoms with Gasteiger partial charge in [-0.25, -0.2) is 0 Å². The van der Waals surface area contributed by atoms with E-state index in [1.165, 1.54) is 0 Å². The molecule has 0 radical (unpaired) electrons. The van der Waals surface area contributed by atoms with Crippen LogP contribution in [0.5, 0.6) is 5.75 Å². The Labute approximate surface area is 166 Å². The third-order valence-electron chi connectivity index (χ3n) is 4.22. The molecule has 2 aromatic carbocycles. The minimum Gasteiger partial charge on any atom is -0.489 e. The summed E-state index contributed by atoms with van der Waals surface area (Å²) in [4.78, 5) is 18.3. The highest BCUT2D eigenvalue weighted by Crippen LogP contribution is 2.25. The van der Waals surface area contributed by atoms with E-state index in [0.717, 1.165) is 17.5 Å². The summed E-state index contributed by atoms with van der Waals surface area (Å²) < 4.78 is 11.3. The number of halogens is 2. The molecule has 2 aliphatic rings. The molecule has 7 heteroatoms. The zero-order valence-electron chi connectivity index (χ0n) is 14.3. The Bertz CT molecular complexity index is 956. The Kier molecular flexibility index (Phi) is 5.05. The van der Waals surface area contributed by atoms with E-state index < -0.39 is 0 Å². The Balaban J connectivity index is 1.48. The van der Waals surface area contributed by atoms with Crippen molar-refractivity contribution in [3.63, 3.8) is 0 Å². The fourth-order valence-electron chi connectivity index (χ4n) is 2.87. The molecule has 1 fully saturated rings. The summed E-state index contributed by atoms with van der Waals surface area (Å²) in [6, 6.07) is 13.3. The van der Waals surface area contributed by atoms with E-state index in [2.05, 4.69) is 4.99 Å². The molecule has 2 heterocycles. The van der Waals surface area contributed by atoms with Gasteiger partial charge in [-0.1, -0.05) is 41.4 Å². The first-order valence-electron chi connectivity index (χ1n) is 8.52. The van der Waals surface area contributed by atoms with E-state index in [0.29, 0.717) is 47.3 Å². The lowest BCUT2D eigenvalue weighted by Crippen LogP contribution is -2.38. The maximum absolute atomic E-state index is 12.4. The maximum Gasteiger partial charge on any atom is 0.299 e. The summed E-state index contributed by atoms with van der Waals surface area (Å²) >= 11 is 12.0. The summed E-state index contributed by atoms with van der Waals surface area (Å²) in [5.41, 5.74) is 2.11. The minimum atomic E-state index is -0.133. The van der Waals surface area contributed by atoms with Crippen LogP contribution in [0.4, 0.5) is 0 Å². The number of rotatable bonds is 4. The van der Waals surface area contributed by atoms with Crippen molar-refractivity contribution in [2.75, 3.05) is 13.2 Å². The van der Waals surface area contributed by atoms with E-state index in [1.54, 1.807) is 23.1 Å². The van der Waals surface area contributed by atoms with Crippen molar-refractivity contribution in [1.82, 2.24) is 4.90 Å². The molecule has 0 aromatic heterocycles. The van der Waals surface area contributed by atoms with Gasteiger partial charge in [-0.15, -0.1) is 0 Å². The number of nitrogens with zero attached hydrogens (tertiary/aromatic N) is 2. The van der Waals surface area contributed by atoms with Crippen LogP contribution >= 0.6 is 23.2 Å². The van der Waals surface area contributed by atoms with Gasteiger partial charge >= 0.3 is 0 Å². The molecule has 0 saturated carbocycles. The molecule has 0 N–H and O–H groups in total. The molecule has 4 rings (SSSR count). The van der Waals surface area contributed by atoms with Gasteiger partial charge in [0.15, 0.2) is 0 Å². The van der Waals surface area contributed by atoms with Crippen LogP contribution in [0.3, 0.4) is 0 Å². The van der Waals surface area contributed by atoms with Crippen molar-refractivity contribution in [3.8, 4) is 5.75 Å². The van der Waals surface area contributed by atoms with Gasteiger partial charge in [0.25, 0.3) is 11.9 Å². The molecular weight excluding hydrogens is 387 g/mol. The molecule has 0 unspecified atom stereocenters. The summed E-state index contributed by atoms with van der Waals surface area (Å²) in [7, 11) is 0. The van der Waals surface area contributed by atoms with Gasteiger partial charge in [0.2, 0.25) is 0 Å². The zero-order chi connectivity index (χ0) is 18.8. The molecule has 0 atom stereocenters. The Hall–Kier alpha value is -2.50. The summed E-state index contributed by atoms with van der Waals surface area (Å²) in [5, 5.41) is 1.01. The SMILES string of the molecule is O=C1/C(=C/c2cccc(OCc3ccc(Cl)c(Cl)c3)c2)N=C2OCCCN12. The largest absolute Gasteiger partial charge is 0.489 e. The highest BCUT2D eigenvalue weighted by Gasteiger charge is 2.33. The van der Waals surface area contributed by atoms with Crippen LogP contribution in [0.2, 0.25) is 10.0 Å². The van der Waals surface area contributed by atoms with E-state index in [-0.39, 0.29) is 5.91 Å². The predicted molar refractivity (Wildman–Crippen MR) is 105 cm³/mol. The van der Waals surface area contributed by atoms with Crippen LogP contribution in [0.1, 0.15) is 17.5 Å². The number of carbonyl (C=O) groups is 1. The average Bonchev–Trinajstić information content (AvgIpc) is 2.99. The van der Waals surface area contributed by atoms with Gasteiger partial charge in [-0.05, 0) is 47.9 Å². The Morgan fingerprint density at radius 1 is 1.19 bits per heavy atom. The molecule has 0 spiro atoms. The number of benzene rings is 2. The van der Waals surface area contributed by atoms with Gasteiger partial charge < -0.3 is 9.47 Å². The Morgan fingerprint density at radius 3 is 2.89 bits per heavy atom. The topological polar surface area (TPSA) is 51.1 Å². The van der Waals surface area contributed by atoms with E-state index in [9.17, 15) is 4.79 Å². The van der Waals surface area contributed by atoms with Gasteiger partial charge in [0.1, 0.15) is 18.1 Å². The zero-order valence-corrected chi connectivity index (χ0v) is 15.8. The quantitative estimate of drug-likeness (QED) is 0.705. The number of ether oxygens (including phenoxy) is 2. The number of amides is 1. The second kappa shape index (κ2) is 7.62. The fourth-order valence-corrected chi connectivity index (χ4v) is 3.19. The molecule has 0 bridgehead atoms. The van der Waals surface area contributed by atoms with Crippen molar-refractivity contribution in [2.45, 2.75) is 13.0 Å². The van der Waals surface area contributed by atoms with Crippen LogP contribution in [-0.2, 0) is 16.1 Å². The minimum absolute atomic E-state index is 0.133. The second-order valence-electron chi connectivity index (χ2n) is 6.19. The molecule has 1 saturated heterocycles. The number of aliphatic imine (C=N–C) groups is 1. The van der Waals surface area contributed by atoms with Crippen LogP contribution in [0.15, 0.2) is 53.2 Å². The lowest BCUT2D eigenvalue weighted by atomic mass is 10.1. The smallest absolute Gasteiger partial charge is 0.299 e. The van der Waals surface area contributed by atoms with Crippen LogP contribution < -0.4 is 4.74 Å². The number of hydrogen-bond acceptors (Lipinski definition) is 4. The summed E-state index contributed by atoms with van der Waals surface area (Å²) in [6.07, 6.45) is 2.55. The maximum atomic E-state index is 12.4. The van der Waals surface area contributed by atoms with Gasteiger partial charge in [0.05, 0.1) is 16.7 Å². The molecule has 1 amide bonds. The van der Waals surface area contributed by atoms with Crippen molar-refractivity contribution < 1.29 is 14.3 Å². The Morgan fingerprint density at radius 2 is 2.07 bits per heavy atom. The highest BCUT2D eigenvalue weighted by molar-refractivity contribution is 6.42. The summed E-state index contributed by atoms with van der Waals surface area (Å²) in [6.45, 7) is 1.59. The molecule has 5 nitrogen and oxygen atoms in total. The van der Waals surface area contributed by atoms with Crippen molar-refractivity contribution in [1.29, 1.82) is 0 Å². The molecular formula is C20H16Cl2N2O3. The number of hydrogen-bond donors (Lipinski definition) is 0. The molecule has 2 aromatic rings. The standard InChI is InChI=1S/C20H16Cl2N2O3/c21-16-6-5-14(10-17(16)22)12-27-15-4-1-3-13(9-15)11-18-19(25)24-7-2-8-26-20(24)23-18/h1,3-6,9-11H,2,7-8,12H2/b18-11-. The third kappa shape index (κ3) is 3.94. The first kappa shape index (κ1) is 17.9. The van der Waals surface area contributed by atoms with E-state index >= 15 is 0 Å². The monoisotopic (exact) mass is 402 g/mol. The van der Waals surface area contributed by atoms with E-state index in [1.807, 2.05) is 30.3 Å². The molecule has 27 heavy (non-hydrogen) atoms. The molecule has 138 valence electrons. The van der Waals surface area contributed by atoms with Crippen molar-refractivity contribution in [3.05, 3.63) is 69.3 Å². The lowest BCUT2D eigenvalue weighted by molar-refractivity contribution is -0.124. The normalized spacial score (nSPS) is 17.6. The van der Waals surface area contributed by atoms with Gasteiger partial charge in [-0.3, -0.25) is 9.69 Å². The number of carbonyl (C=O) groups excluding carboxylic acids is 1. The first-order chi connectivity index (χ1) is 13.1. The van der Waals surface area contributed by atoms with Gasteiger partial charge in [0, 0.05) is 6.54 Å². The molecule has 2 aliphatic heterocycles. The third-order valence-corrected chi connectivity index (χ3v) is 4.96.